The van der Waals surface area contributed by atoms with Crippen molar-refractivity contribution in [2.45, 2.75) is 12.7 Å². The first kappa shape index (κ1) is 21.7. The van der Waals surface area contributed by atoms with Crippen LogP contribution in [0.3, 0.4) is 0 Å². The van der Waals surface area contributed by atoms with E-state index in [9.17, 15) is 23.3 Å². The molecule has 0 saturated carbocycles. The van der Waals surface area contributed by atoms with Crippen molar-refractivity contribution in [1.29, 1.82) is 0 Å². The predicted octanol–water partition coefficient (Wildman–Crippen LogP) is 1.96. The second kappa shape index (κ2) is 9.23. The third-order valence-corrected chi connectivity index (χ3v) is 6.69. The van der Waals surface area contributed by atoms with Crippen LogP contribution in [0.15, 0.2) is 48.5 Å². The van der Waals surface area contributed by atoms with Gasteiger partial charge in [0.1, 0.15) is 0 Å². The fourth-order valence-electron chi connectivity index (χ4n) is 3.21. The van der Waals surface area contributed by atoms with Gasteiger partial charge in [-0.2, -0.15) is 4.31 Å². The van der Waals surface area contributed by atoms with E-state index in [4.69, 9.17) is 4.74 Å². The first-order chi connectivity index (χ1) is 14.3. The summed E-state index contributed by atoms with van der Waals surface area (Å²) in [4.78, 5) is 24.5. The Labute approximate surface area is 175 Å². The van der Waals surface area contributed by atoms with Crippen molar-refractivity contribution in [1.82, 2.24) is 9.21 Å². The highest BCUT2D eigenvalue weighted by molar-refractivity contribution is 7.88. The monoisotopic (exact) mass is 433 g/mol. The first-order valence-electron chi connectivity index (χ1n) is 9.43. The van der Waals surface area contributed by atoms with Gasteiger partial charge in [0.2, 0.25) is 10.0 Å². The second-order valence-electron chi connectivity index (χ2n) is 7.04. The fourth-order valence-corrected chi connectivity index (χ4v) is 4.73. The summed E-state index contributed by atoms with van der Waals surface area (Å²) in [5.41, 5.74) is 1.23. The summed E-state index contributed by atoms with van der Waals surface area (Å²) < 4.78 is 32.0. The first-order valence-corrected chi connectivity index (χ1v) is 11.0. The lowest BCUT2D eigenvalue weighted by molar-refractivity contribution is -0.385. The van der Waals surface area contributed by atoms with Crippen LogP contribution in [0.5, 0.6) is 5.75 Å². The molecule has 1 aliphatic heterocycles. The maximum Gasteiger partial charge on any atom is 0.311 e. The maximum absolute atomic E-state index is 12.6. The van der Waals surface area contributed by atoms with Crippen molar-refractivity contribution in [3.05, 3.63) is 69.8 Å². The summed E-state index contributed by atoms with van der Waals surface area (Å²) in [7, 11) is -3.47. The molecule has 1 saturated heterocycles. The largest absolute Gasteiger partial charge is 0.477 e. The molecule has 0 aliphatic carbocycles. The number of sulfonamides is 1. The van der Waals surface area contributed by atoms with Gasteiger partial charge in [-0.05, 0) is 24.1 Å². The van der Waals surface area contributed by atoms with E-state index in [1.165, 1.54) is 21.3 Å². The summed E-state index contributed by atoms with van der Waals surface area (Å²) in [6.45, 7) is 2.27. The van der Waals surface area contributed by atoms with Crippen LogP contribution in [-0.4, -0.2) is 61.2 Å². The van der Waals surface area contributed by atoms with E-state index >= 15 is 0 Å². The molecular weight excluding hydrogens is 410 g/mol. The Balaban J connectivity index is 1.54. The Morgan fingerprint density at radius 2 is 1.77 bits per heavy atom. The summed E-state index contributed by atoms with van der Waals surface area (Å²) in [6.07, 6.45) is 0. The van der Waals surface area contributed by atoms with Gasteiger partial charge in [0.05, 0.1) is 10.7 Å². The highest BCUT2D eigenvalue weighted by Crippen LogP contribution is 2.27. The molecule has 1 amide bonds. The minimum absolute atomic E-state index is 0.0306. The topological polar surface area (TPSA) is 110 Å². The molecule has 0 bridgehead atoms. The molecule has 160 valence electrons. The number of hydrogen-bond acceptors (Lipinski definition) is 6. The molecule has 30 heavy (non-hydrogen) atoms. The summed E-state index contributed by atoms with van der Waals surface area (Å²) in [6, 6.07) is 13.5. The summed E-state index contributed by atoms with van der Waals surface area (Å²) >= 11 is 0. The number of piperazine rings is 1. The van der Waals surface area contributed by atoms with Crippen LogP contribution in [0.2, 0.25) is 0 Å². The van der Waals surface area contributed by atoms with Gasteiger partial charge in [0, 0.05) is 32.2 Å². The standard InChI is InChI=1S/C20H23N3O6S/c1-16-7-8-19(18(13-16)23(25)26)29-14-20(24)21-9-11-22(12-10-21)30(27,28)15-17-5-3-2-4-6-17/h2-8,13H,9-12,14-15H2,1H3. The van der Waals surface area contributed by atoms with E-state index < -0.39 is 14.9 Å². The molecular formula is C20H23N3O6S. The van der Waals surface area contributed by atoms with E-state index in [0.717, 1.165) is 0 Å². The number of nitro benzene ring substituents is 1. The molecule has 0 aromatic heterocycles. The average Bonchev–Trinajstić information content (AvgIpc) is 2.73. The quantitative estimate of drug-likeness (QED) is 0.488. The molecule has 1 heterocycles. The van der Waals surface area contributed by atoms with Gasteiger partial charge < -0.3 is 9.64 Å². The predicted molar refractivity (Wildman–Crippen MR) is 111 cm³/mol. The second-order valence-corrected chi connectivity index (χ2v) is 9.01. The van der Waals surface area contributed by atoms with Gasteiger partial charge in [0.15, 0.2) is 12.4 Å². The van der Waals surface area contributed by atoms with Crippen LogP contribution < -0.4 is 4.74 Å². The number of nitrogens with zero attached hydrogens (tertiary/aromatic N) is 3. The number of hydrogen-bond donors (Lipinski definition) is 0. The van der Waals surface area contributed by atoms with Gasteiger partial charge in [0.25, 0.3) is 5.91 Å². The molecule has 10 heteroatoms. The minimum atomic E-state index is -3.47. The van der Waals surface area contributed by atoms with Crippen molar-refractivity contribution in [2.24, 2.45) is 0 Å². The number of ether oxygens (including phenoxy) is 1. The Morgan fingerprint density at radius 1 is 1.10 bits per heavy atom. The molecule has 1 aliphatic rings. The lowest BCUT2D eigenvalue weighted by Gasteiger charge is -2.34. The third-order valence-electron chi connectivity index (χ3n) is 4.84. The van der Waals surface area contributed by atoms with Crippen LogP contribution >= 0.6 is 0 Å². The number of carbonyl (C=O) groups is 1. The summed E-state index contributed by atoms with van der Waals surface area (Å²) in [5, 5.41) is 11.1. The Bertz CT molecular complexity index is 1020. The van der Waals surface area contributed by atoms with E-state index in [0.29, 0.717) is 11.1 Å². The lowest BCUT2D eigenvalue weighted by Crippen LogP contribution is -2.51. The lowest BCUT2D eigenvalue weighted by atomic mass is 10.2. The number of nitro groups is 1. The van der Waals surface area contributed by atoms with Crippen LogP contribution in [0.4, 0.5) is 5.69 Å². The zero-order valence-corrected chi connectivity index (χ0v) is 17.4. The summed E-state index contributed by atoms with van der Waals surface area (Å²) in [5.74, 6) is -0.393. The van der Waals surface area contributed by atoms with Crippen molar-refractivity contribution in [2.75, 3.05) is 32.8 Å². The SMILES string of the molecule is Cc1ccc(OCC(=O)N2CCN(S(=O)(=O)Cc3ccccc3)CC2)c([N+](=O)[O-])c1. The molecule has 0 N–H and O–H groups in total. The van der Waals surface area contributed by atoms with Gasteiger partial charge in [-0.1, -0.05) is 36.4 Å². The van der Waals surface area contributed by atoms with Gasteiger partial charge in [-0.3, -0.25) is 14.9 Å². The molecule has 0 radical (unpaired) electrons. The van der Waals surface area contributed by atoms with Crippen molar-refractivity contribution in [3.8, 4) is 5.75 Å². The van der Waals surface area contributed by atoms with E-state index in [1.54, 1.807) is 37.3 Å². The smallest absolute Gasteiger partial charge is 0.311 e. The number of aryl methyl sites for hydroxylation is 1. The van der Waals surface area contributed by atoms with Crippen molar-refractivity contribution < 1.29 is 22.9 Å². The van der Waals surface area contributed by atoms with E-state index in [2.05, 4.69) is 0 Å². The molecule has 3 rings (SSSR count). The molecule has 0 spiro atoms. The van der Waals surface area contributed by atoms with Gasteiger partial charge in [-0.25, -0.2) is 8.42 Å². The average molecular weight is 433 g/mol. The van der Waals surface area contributed by atoms with Crippen LogP contribution in [0, 0.1) is 17.0 Å². The molecule has 2 aromatic rings. The maximum atomic E-state index is 12.6. The van der Waals surface area contributed by atoms with Crippen molar-refractivity contribution >= 4 is 21.6 Å². The van der Waals surface area contributed by atoms with Crippen LogP contribution in [-0.2, 0) is 20.6 Å². The normalized spacial score (nSPS) is 15.0. The highest BCUT2D eigenvalue weighted by atomic mass is 32.2. The Hall–Kier alpha value is -2.98. The fraction of sp³-hybridized carbons (Fsp3) is 0.350. The molecule has 9 nitrogen and oxygen atoms in total. The number of amides is 1. The Morgan fingerprint density at radius 3 is 2.40 bits per heavy atom. The minimum Gasteiger partial charge on any atom is -0.477 e. The van der Waals surface area contributed by atoms with Crippen LogP contribution in [0.25, 0.3) is 0 Å². The highest BCUT2D eigenvalue weighted by Gasteiger charge is 2.29. The number of benzene rings is 2. The van der Waals surface area contributed by atoms with Crippen LogP contribution in [0.1, 0.15) is 11.1 Å². The molecule has 0 atom stereocenters. The number of carbonyl (C=O) groups excluding carboxylic acids is 1. The molecule has 1 fully saturated rings. The van der Waals surface area contributed by atoms with Crippen molar-refractivity contribution in [3.63, 3.8) is 0 Å². The van der Waals surface area contributed by atoms with E-state index in [-0.39, 0.29) is 55.9 Å². The van der Waals surface area contributed by atoms with Gasteiger partial charge >= 0.3 is 5.69 Å². The van der Waals surface area contributed by atoms with Gasteiger partial charge in [-0.15, -0.1) is 0 Å². The zero-order chi connectivity index (χ0) is 21.7. The molecule has 2 aromatic carbocycles. The zero-order valence-electron chi connectivity index (χ0n) is 16.6. The van der Waals surface area contributed by atoms with E-state index in [1.807, 2.05) is 6.07 Å². The molecule has 0 unspecified atom stereocenters. The Kier molecular flexibility index (Phi) is 6.68. The number of rotatable bonds is 7. The third kappa shape index (κ3) is 5.33.